The van der Waals surface area contributed by atoms with Gasteiger partial charge in [0.1, 0.15) is 0 Å². The van der Waals surface area contributed by atoms with Gasteiger partial charge in [-0.15, -0.1) is 0 Å². The lowest BCUT2D eigenvalue weighted by molar-refractivity contribution is 0.0927. The van der Waals surface area contributed by atoms with E-state index in [0.29, 0.717) is 0 Å². The molecule has 0 saturated carbocycles. The Kier molecular flexibility index (Phi) is 3.18. The van der Waals surface area contributed by atoms with Crippen LogP contribution in [0.25, 0.3) is 0 Å². The molecule has 0 amide bonds. The topological polar surface area (TPSA) is 30.0 Å². The van der Waals surface area contributed by atoms with Gasteiger partial charge < -0.3 is 0 Å². The standard InChI is InChI=1S/C11H15NO/c1-4-8(2)11(13)10-5-6-12-9(3)7-10/h5-8H,4H2,1-3H3. The molecule has 70 valence electrons. The lowest BCUT2D eigenvalue weighted by Gasteiger charge is -2.06. The number of ketones is 1. The first-order valence-corrected chi connectivity index (χ1v) is 4.62. The Morgan fingerprint density at radius 3 is 2.85 bits per heavy atom. The number of nitrogens with zero attached hydrogens (tertiary/aromatic N) is 1. The Bertz CT molecular complexity index is 307. The van der Waals surface area contributed by atoms with Crippen LogP contribution in [-0.4, -0.2) is 10.8 Å². The molecule has 0 aromatic carbocycles. The second-order valence-corrected chi connectivity index (χ2v) is 3.36. The Morgan fingerprint density at radius 2 is 2.31 bits per heavy atom. The summed E-state index contributed by atoms with van der Waals surface area (Å²) in [7, 11) is 0. The first kappa shape index (κ1) is 9.90. The number of Topliss-reactive ketones (excluding diaryl/α,β-unsaturated/α-hetero) is 1. The Hall–Kier alpha value is -1.18. The van der Waals surface area contributed by atoms with E-state index in [4.69, 9.17) is 0 Å². The van der Waals surface area contributed by atoms with Crippen LogP contribution in [0.4, 0.5) is 0 Å². The minimum absolute atomic E-state index is 0.113. The Balaban J connectivity index is 2.89. The number of aromatic nitrogens is 1. The summed E-state index contributed by atoms with van der Waals surface area (Å²) in [6.07, 6.45) is 2.57. The van der Waals surface area contributed by atoms with Crippen molar-refractivity contribution in [3.8, 4) is 0 Å². The zero-order chi connectivity index (χ0) is 9.84. The van der Waals surface area contributed by atoms with Crippen LogP contribution in [0, 0.1) is 12.8 Å². The van der Waals surface area contributed by atoms with Crippen molar-refractivity contribution >= 4 is 5.78 Å². The summed E-state index contributed by atoms with van der Waals surface area (Å²) in [4.78, 5) is 15.8. The number of carbonyl (C=O) groups excluding carboxylic acids is 1. The van der Waals surface area contributed by atoms with E-state index in [1.807, 2.05) is 26.8 Å². The van der Waals surface area contributed by atoms with E-state index in [9.17, 15) is 4.79 Å². The summed E-state index contributed by atoms with van der Waals surface area (Å²) in [6.45, 7) is 5.88. The molecule has 0 aliphatic heterocycles. The van der Waals surface area contributed by atoms with Crippen LogP contribution < -0.4 is 0 Å². The number of hydrogen-bond acceptors (Lipinski definition) is 2. The second-order valence-electron chi connectivity index (χ2n) is 3.36. The molecule has 0 spiro atoms. The SMILES string of the molecule is CCC(C)C(=O)c1ccnc(C)c1. The Labute approximate surface area is 79.0 Å². The lowest BCUT2D eigenvalue weighted by Crippen LogP contribution is -2.10. The Morgan fingerprint density at radius 1 is 1.62 bits per heavy atom. The third-order valence-corrected chi connectivity index (χ3v) is 2.24. The largest absolute Gasteiger partial charge is 0.294 e. The van der Waals surface area contributed by atoms with Crippen LogP contribution in [0.5, 0.6) is 0 Å². The predicted molar refractivity (Wildman–Crippen MR) is 52.8 cm³/mol. The van der Waals surface area contributed by atoms with E-state index in [1.54, 1.807) is 12.3 Å². The molecule has 1 aromatic heterocycles. The van der Waals surface area contributed by atoms with Gasteiger partial charge in [-0.3, -0.25) is 9.78 Å². The van der Waals surface area contributed by atoms with Gasteiger partial charge in [0.05, 0.1) is 0 Å². The van der Waals surface area contributed by atoms with E-state index < -0.39 is 0 Å². The molecule has 13 heavy (non-hydrogen) atoms. The summed E-state index contributed by atoms with van der Waals surface area (Å²) in [5.41, 5.74) is 1.68. The van der Waals surface area contributed by atoms with Gasteiger partial charge in [0.2, 0.25) is 0 Å². The van der Waals surface area contributed by atoms with Crippen molar-refractivity contribution in [1.82, 2.24) is 4.98 Å². The minimum atomic E-state index is 0.113. The highest BCUT2D eigenvalue weighted by Crippen LogP contribution is 2.11. The predicted octanol–water partition coefficient (Wildman–Crippen LogP) is 2.62. The maximum atomic E-state index is 11.7. The first-order valence-electron chi connectivity index (χ1n) is 4.62. The highest BCUT2D eigenvalue weighted by molar-refractivity contribution is 5.97. The van der Waals surface area contributed by atoms with Crippen molar-refractivity contribution in [2.45, 2.75) is 27.2 Å². The monoisotopic (exact) mass is 177 g/mol. The first-order chi connectivity index (χ1) is 6.15. The summed E-state index contributed by atoms with van der Waals surface area (Å²) in [5, 5.41) is 0. The molecule has 1 rings (SSSR count). The summed E-state index contributed by atoms with van der Waals surface area (Å²) in [5.74, 6) is 0.329. The molecule has 1 heterocycles. The minimum Gasteiger partial charge on any atom is -0.294 e. The second kappa shape index (κ2) is 4.17. The lowest BCUT2D eigenvalue weighted by atomic mass is 9.97. The smallest absolute Gasteiger partial charge is 0.165 e. The molecule has 1 unspecified atom stereocenters. The number of aryl methyl sites for hydroxylation is 1. The zero-order valence-corrected chi connectivity index (χ0v) is 8.37. The molecule has 0 N–H and O–H groups in total. The number of rotatable bonds is 3. The molecule has 0 bridgehead atoms. The van der Waals surface area contributed by atoms with Gasteiger partial charge in [-0.05, 0) is 25.5 Å². The molecule has 0 aliphatic carbocycles. The van der Waals surface area contributed by atoms with Gasteiger partial charge in [-0.1, -0.05) is 13.8 Å². The fourth-order valence-electron chi connectivity index (χ4n) is 1.17. The molecular formula is C11H15NO. The van der Waals surface area contributed by atoms with Gasteiger partial charge in [0.25, 0.3) is 0 Å². The van der Waals surface area contributed by atoms with Crippen LogP contribution in [0.3, 0.4) is 0 Å². The molecule has 2 heteroatoms. The van der Waals surface area contributed by atoms with Crippen LogP contribution in [-0.2, 0) is 0 Å². The zero-order valence-electron chi connectivity index (χ0n) is 8.37. The van der Waals surface area contributed by atoms with Crippen LogP contribution >= 0.6 is 0 Å². The average molecular weight is 177 g/mol. The highest BCUT2D eigenvalue weighted by atomic mass is 16.1. The average Bonchev–Trinajstić information content (AvgIpc) is 2.15. The molecule has 0 saturated heterocycles. The van der Waals surface area contributed by atoms with E-state index in [2.05, 4.69) is 4.98 Å². The van der Waals surface area contributed by atoms with Crippen molar-refractivity contribution in [3.05, 3.63) is 29.6 Å². The summed E-state index contributed by atoms with van der Waals surface area (Å²) >= 11 is 0. The quantitative estimate of drug-likeness (QED) is 0.664. The molecule has 0 fully saturated rings. The maximum Gasteiger partial charge on any atom is 0.165 e. The molecule has 0 radical (unpaired) electrons. The van der Waals surface area contributed by atoms with Crippen LogP contribution in [0.1, 0.15) is 36.3 Å². The van der Waals surface area contributed by atoms with Gasteiger partial charge in [-0.25, -0.2) is 0 Å². The molecule has 2 nitrogen and oxygen atoms in total. The van der Waals surface area contributed by atoms with Gasteiger partial charge in [0, 0.05) is 23.4 Å². The van der Waals surface area contributed by atoms with Crippen LogP contribution in [0.15, 0.2) is 18.3 Å². The van der Waals surface area contributed by atoms with Crippen molar-refractivity contribution < 1.29 is 4.79 Å². The fraction of sp³-hybridized carbons (Fsp3) is 0.455. The number of carbonyl (C=O) groups is 1. The highest BCUT2D eigenvalue weighted by Gasteiger charge is 2.12. The van der Waals surface area contributed by atoms with Crippen molar-refractivity contribution in [2.24, 2.45) is 5.92 Å². The molecular weight excluding hydrogens is 162 g/mol. The normalized spacial score (nSPS) is 12.5. The van der Waals surface area contributed by atoms with Crippen LogP contribution in [0.2, 0.25) is 0 Å². The molecule has 1 aromatic rings. The van der Waals surface area contributed by atoms with Crippen molar-refractivity contribution in [1.29, 1.82) is 0 Å². The van der Waals surface area contributed by atoms with E-state index >= 15 is 0 Å². The van der Waals surface area contributed by atoms with E-state index in [1.165, 1.54) is 0 Å². The van der Waals surface area contributed by atoms with E-state index in [-0.39, 0.29) is 11.7 Å². The maximum absolute atomic E-state index is 11.7. The van der Waals surface area contributed by atoms with Gasteiger partial charge in [-0.2, -0.15) is 0 Å². The van der Waals surface area contributed by atoms with E-state index in [0.717, 1.165) is 17.7 Å². The molecule has 0 aliphatic rings. The number of hydrogen-bond donors (Lipinski definition) is 0. The third kappa shape index (κ3) is 2.38. The van der Waals surface area contributed by atoms with Crippen molar-refractivity contribution in [3.63, 3.8) is 0 Å². The van der Waals surface area contributed by atoms with Crippen molar-refractivity contribution in [2.75, 3.05) is 0 Å². The third-order valence-electron chi connectivity index (χ3n) is 2.24. The fourth-order valence-corrected chi connectivity index (χ4v) is 1.17. The number of pyridine rings is 1. The van der Waals surface area contributed by atoms with Gasteiger partial charge >= 0.3 is 0 Å². The van der Waals surface area contributed by atoms with Gasteiger partial charge in [0.15, 0.2) is 5.78 Å². The summed E-state index contributed by atoms with van der Waals surface area (Å²) in [6, 6.07) is 3.62. The summed E-state index contributed by atoms with van der Waals surface area (Å²) < 4.78 is 0. The molecule has 1 atom stereocenters.